The van der Waals surface area contributed by atoms with E-state index in [2.05, 4.69) is 25.9 Å². The van der Waals surface area contributed by atoms with E-state index in [4.69, 9.17) is 9.26 Å². The van der Waals surface area contributed by atoms with Crippen LogP contribution in [-0.2, 0) is 16.8 Å². The molecule has 0 saturated carbocycles. The molecule has 1 aromatic rings. The lowest BCUT2D eigenvalue weighted by Crippen LogP contribution is -2.11. The highest BCUT2D eigenvalue weighted by Crippen LogP contribution is 2.27. The normalized spacial score (nSPS) is 12.1. The third-order valence-corrected chi connectivity index (χ3v) is 1.98. The zero-order chi connectivity index (χ0) is 10.1. The molecule has 0 spiro atoms. The van der Waals surface area contributed by atoms with Crippen molar-refractivity contribution in [2.45, 2.75) is 39.7 Å². The molecule has 0 saturated heterocycles. The largest absolute Gasteiger partial charge is 0.378 e. The molecule has 74 valence electrons. The fourth-order valence-electron chi connectivity index (χ4n) is 1.34. The number of hydrogen-bond donors (Lipinski definition) is 0. The number of aromatic nitrogens is 1. The molecule has 0 aliphatic carbocycles. The Morgan fingerprint density at radius 2 is 2.00 bits per heavy atom. The molecule has 0 fully saturated rings. The maximum atomic E-state index is 5.28. The van der Waals surface area contributed by atoms with Crippen LogP contribution in [0.25, 0.3) is 0 Å². The van der Waals surface area contributed by atoms with Crippen molar-refractivity contribution in [2.75, 3.05) is 7.11 Å². The highest BCUT2D eigenvalue weighted by Gasteiger charge is 2.23. The quantitative estimate of drug-likeness (QED) is 0.706. The van der Waals surface area contributed by atoms with Gasteiger partial charge in [0.1, 0.15) is 11.5 Å². The molecule has 0 aromatic carbocycles. The summed E-state index contributed by atoms with van der Waals surface area (Å²) in [7, 11) is 1.66. The molecule has 1 aromatic heterocycles. The van der Waals surface area contributed by atoms with Gasteiger partial charge in [-0.05, 0) is 6.92 Å². The zero-order valence-corrected chi connectivity index (χ0v) is 8.97. The van der Waals surface area contributed by atoms with Crippen LogP contribution in [0.3, 0.4) is 0 Å². The summed E-state index contributed by atoms with van der Waals surface area (Å²) in [5.41, 5.74) is 2.02. The van der Waals surface area contributed by atoms with Crippen molar-refractivity contribution < 1.29 is 9.26 Å². The first-order chi connectivity index (χ1) is 5.96. The minimum Gasteiger partial charge on any atom is -0.378 e. The second-order valence-electron chi connectivity index (χ2n) is 4.27. The van der Waals surface area contributed by atoms with Gasteiger partial charge in [0.15, 0.2) is 0 Å². The standard InChI is InChI=1S/C10H17NO2/c1-7-8(6-12-5)11-13-9(7)10(2,3)4/h6H2,1-5H3. The van der Waals surface area contributed by atoms with E-state index in [1.807, 2.05) is 6.92 Å². The molecule has 0 aliphatic rings. The van der Waals surface area contributed by atoms with Gasteiger partial charge in [-0.2, -0.15) is 0 Å². The molecule has 3 nitrogen and oxygen atoms in total. The monoisotopic (exact) mass is 183 g/mol. The lowest BCUT2D eigenvalue weighted by molar-refractivity contribution is 0.176. The number of hydrogen-bond acceptors (Lipinski definition) is 3. The van der Waals surface area contributed by atoms with E-state index < -0.39 is 0 Å². The molecule has 0 atom stereocenters. The van der Waals surface area contributed by atoms with E-state index in [1.54, 1.807) is 7.11 Å². The second-order valence-corrected chi connectivity index (χ2v) is 4.27. The molecule has 0 radical (unpaired) electrons. The van der Waals surface area contributed by atoms with E-state index in [0.29, 0.717) is 6.61 Å². The second kappa shape index (κ2) is 3.50. The van der Waals surface area contributed by atoms with Crippen LogP contribution in [-0.4, -0.2) is 12.3 Å². The summed E-state index contributed by atoms with van der Waals surface area (Å²) < 4.78 is 10.3. The molecule has 1 rings (SSSR count). The summed E-state index contributed by atoms with van der Waals surface area (Å²) in [6.07, 6.45) is 0. The fraction of sp³-hybridized carbons (Fsp3) is 0.700. The topological polar surface area (TPSA) is 35.3 Å². The van der Waals surface area contributed by atoms with E-state index in [0.717, 1.165) is 17.0 Å². The maximum absolute atomic E-state index is 5.28. The van der Waals surface area contributed by atoms with Crippen LogP contribution >= 0.6 is 0 Å². The lowest BCUT2D eigenvalue weighted by Gasteiger charge is -2.14. The predicted octanol–water partition coefficient (Wildman–Crippen LogP) is 2.43. The minimum atomic E-state index is 0.0169. The summed E-state index contributed by atoms with van der Waals surface area (Å²) in [5, 5.41) is 3.97. The van der Waals surface area contributed by atoms with Crippen LogP contribution in [0.15, 0.2) is 4.52 Å². The van der Waals surface area contributed by atoms with Gasteiger partial charge in [0.25, 0.3) is 0 Å². The number of methoxy groups -OCH3 is 1. The van der Waals surface area contributed by atoms with Crippen molar-refractivity contribution in [1.82, 2.24) is 5.16 Å². The molecule has 3 heteroatoms. The van der Waals surface area contributed by atoms with Crippen molar-refractivity contribution in [3.8, 4) is 0 Å². The predicted molar refractivity (Wildman–Crippen MR) is 50.7 cm³/mol. The Balaban J connectivity index is 2.99. The van der Waals surface area contributed by atoms with Crippen molar-refractivity contribution in [2.24, 2.45) is 0 Å². The number of rotatable bonds is 2. The van der Waals surface area contributed by atoms with E-state index >= 15 is 0 Å². The van der Waals surface area contributed by atoms with Gasteiger partial charge in [0.2, 0.25) is 0 Å². The summed E-state index contributed by atoms with van der Waals surface area (Å²) in [4.78, 5) is 0. The molecule has 0 bridgehead atoms. The molecule has 0 N–H and O–H groups in total. The smallest absolute Gasteiger partial charge is 0.145 e. The highest BCUT2D eigenvalue weighted by atomic mass is 16.5. The van der Waals surface area contributed by atoms with Crippen LogP contribution in [0.2, 0.25) is 0 Å². The zero-order valence-electron chi connectivity index (χ0n) is 8.97. The average Bonchev–Trinajstić information content (AvgIpc) is 2.32. The Morgan fingerprint density at radius 1 is 1.38 bits per heavy atom. The molecule has 13 heavy (non-hydrogen) atoms. The van der Waals surface area contributed by atoms with Crippen LogP contribution in [0.4, 0.5) is 0 Å². The first-order valence-corrected chi connectivity index (χ1v) is 4.41. The molecular weight excluding hydrogens is 166 g/mol. The summed E-state index contributed by atoms with van der Waals surface area (Å²) in [6.45, 7) is 8.86. The minimum absolute atomic E-state index is 0.0169. The van der Waals surface area contributed by atoms with Crippen LogP contribution in [0.5, 0.6) is 0 Å². The van der Waals surface area contributed by atoms with Gasteiger partial charge in [-0.15, -0.1) is 0 Å². The number of nitrogens with zero attached hydrogens (tertiary/aromatic N) is 1. The van der Waals surface area contributed by atoms with Gasteiger partial charge in [-0.1, -0.05) is 25.9 Å². The van der Waals surface area contributed by atoms with E-state index in [-0.39, 0.29) is 5.41 Å². The molecule has 0 amide bonds. The summed E-state index contributed by atoms with van der Waals surface area (Å²) >= 11 is 0. The summed E-state index contributed by atoms with van der Waals surface area (Å²) in [6, 6.07) is 0. The summed E-state index contributed by atoms with van der Waals surface area (Å²) in [5.74, 6) is 0.944. The SMILES string of the molecule is COCc1noc(C(C)(C)C)c1C. The van der Waals surface area contributed by atoms with Gasteiger partial charge < -0.3 is 9.26 Å². The average molecular weight is 183 g/mol. The van der Waals surface area contributed by atoms with Crippen molar-refractivity contribution in [1.29, 1.82) is 0 Å². The Hall–Kier alpha value is -0.830. The third-order valence-electron chi connectivity index (χ3n) is 1.98. The van der Waals surface area contributed by atoms with Gasteiger partial charge in [-0.25, -0.2) is 0 Å². The van der Waals surface area contributed by atoms with Crippen molar-refractivity contribution in [3.05, 3.63) is 17.0 Å². The number of ether oxygens (including phenoxy) is 1. The first kappa shape index (κ1) is 10.3. The van der Waals surface area contributed by atoms with Crippen LogP contribution < -0.4 is 0 Å². The Bertz CT molecular complexity index is 284. The molecule has 0 unspecified atom stereocenters. The van der Waals surface area contributed by atoms with Gasteiger partial charge >= 0.3 is 0 Å². The first-order valence-electron chi connectivity index (χ1n) is 4.41. The Labute approximate surface area is 79.1 Å². The molecular formula is C10H17NO2. The third kappa shape index (κ3) is 2.10. The Morgan fingerprint density at radius 3 is 2.38 bits per heavy atom. The van der Waals surface area contributed by atoms with Crippen LogP contribution in [0.1, 0.15) is 37.8 Å². The fourth-order valence-corrected chi connectivity index (χ4v) is 1.34. The molecule has 1 heterocycles. The van der Waals surface area contributed by atoms with Gasteiger partial charge in [0, 0.05) is 18.1 Å². The van der Waals surface area contributed by atoms with E-state index in [1.165, 1.54) is 0 Å². The highest BCUT2D eigenvalue weighted by molar-refractivity contribution is 5.25. The van der Waals surface area contributed by atoms with Gasteiger partial charge in [-0.3, -0.25) is 0 Å². The lowest BCUT2D eigenvalue weighted by atomic mass is 9.90. The van der Waals surface area contributed by atoms with E-state index in [9.17, 15) is 0 Å². The maximum Gasteiger partial charge on any atom is 0.145 e. The van der Waals surface area contributed by atoms with Crippen molar-refractivity contribution >= 4 is 0 Å². The molecule has 0 aliphatic heterocycles. The van der Waals surface area contributed by atoms with Crippen LogP contribution in [0, 0.1) is 6.92 Å². The van der Waals surface area contributed by atoms with Crippen molar-refractivity contribution in [3.63, 3.8) is 0 Å². The Kier molecular flexibility index (Phi) is 2.76. The van der Waals surface area contributed by atoms with Gasteiger partial charge in [0.05, 0.1) is 6.61 Å².